The Bertz CT molecular complexity index is 327. The summed E-state index contributed by atoms with van der Waals surface area (Å²) in [5.41, 5.74) is -0.417. The minimum Gasteiger partial charge on any atom is -0.411 e. The number of fused-ring (bicyclic) bond motifs is 3. The fraction of sp³-hybridized carbons (Fsp3) is 0.800. The van der Waals surface area contributed by atoms with Crippen LogP contribution >= 0.6 is 0 Å². The van der Waals surface area contributed by atoms with Gasteiger partial charge in [0.1, 0.15) is 0 Å². The first kappa shape index (κ1) is 8.41. The van der Waals surface area contributed by atoms with Crippen molar-refractivity contribution >= 4 is 11.9 Å². The Morgan fingerprint density at radius 2 is 2.29 bits per heavy atom. The third-order valence-corrected chi connectivity index (χ3v) is 4.00. The molecule has 3 heterocycles. The molecule has 3 saturated heterocycles. The first-order valence-electron chi connectivity index (χ1n) is 5.11. The summed E-state index contributed by atoms with van der Waals surface area (Å²) in [6.45, 7) is 1.86. The van der Waals surface area contributed by atoms with Crippen LogP contribution in [0.4, 0.5) is 0 Å². The van der Waals surface area contributed by atoms with E-state index >= 15 is 0 Å². The summed E-state index contributed by atoms with van der Waals surface area (Å²) in [6, 6.07) is 0. The van der Waals surface area contributed by atoms with E-state index in [2.05, 4.69) is 0 Å². The van der Waals surface area contributed by atoms with Gasteiger partial charge in [0, 0.05) is 0 Å². The van der Waals surface area contributed by atoms with Gasteiger partial charge in [-0.2, -0.15) is 0 Å². The Balaban J connectivity index is 2.03. The van der Waals surface area contributed by atoms with Gasteiger partial charge in [-0.05, 0) is 19.3 Å². The first-order valence-corrected chi connectivity index (χ1v) is 5.11. The Hall–Kier alpha value is -0.900. The minimum absolute atomic E-state index is 0.0430. The number of ether oxygens (including phenoxy) is 2. The van der Waals surface area contributed by atoms with Crippen LogP contribution < -0.4 is 0 Å². The summed E-state index contributed by atoms with van der Waals surface area (Å²) in [6.07, 6.45) is 3.12. The lowest BCUT2D eigenvalue weighted by molar-refractivity contribution is -0.137. The Kier molecular flexibility index (Phi) is 1.42. The molecule has 2 bridgehead atoms. The zero-order chi connectivity index (χ0) is 9.92. The van der Waals surface area contributed by atoms with Crippen molar-refractivity contribution in [2.75, 3.05) is 0 Å². The zero-order valence-corrected chi connectivity index (χ0v) is 8.08. The van der Waals surface area contributed by atoms with Crippen molar-refractivity contribution < 1.29 is 14.3 Å². The molecular weight excluding hydrogens is 182 g/mol. The quantitative estimate of drug-likeness (QED) is 0.589. The highest BCUT2D eigenvalue weighted by atomic mass is 16.6. The maximum atomic E-state index is 11.4. The van der Waals surface area contributed by atoms with Gasteiger partial charge in [-0.15, -0.1) is 0 Å². The molecule has 4 atom stereocenters. The molecule has 1 N–H and O–H groups in total. The molecule has 3 unspecified atom stereocenters. The van der Waals surface area contributed by atoms with Crippen LogP contribution in [0.2, 0.25) is 0 Å². The Morgan fingerprint density at radius 1 is 1.50 bits per heavy atom. The third-order valence-electron chi connectivity index (χ3n) is 4.00. The molecule has 0 aromatic carbocycles. The smallest absolute Gasteiger partial charge is 0.316 e. The molecule has 1 spiro atoms. The van der Waals surface area contributed by atoms with Crippen LogP contribution in [0.5, 0.6) is 0 Å². The van der Waals surface area contributed by atoms with Crippen LogP contribution in [0, 0.1) is 16.7 Å². The van der Waals surface area contributed by atoms with Crippen molar-refractivity contribution in [2.45, 2.75) is 38.4 Å². The number of rotatable bonds is 0. The van der Waals surface area contributed by atoms with E-state index in [1.165, 1.54) is 0 Å². The van der Waals surface area contributed by atoms with E-state index in [0.717, 1.165) is 19.3 Å². The van der Waals surface area contributed by atoms with Gasteiger partial charge in [-0.25, -0.2) is 0 Å². The standard InChI is InChI=1S/C10H13NO3/c1-5-8(12)14-9(11)10(5)4-6-2-3-7(10)13-6/h5-7,11H,2-4H2,1H3/t5-,6?,7?,10?/m0/s1. The predicted octanol–water partition coefficient (Wildman–Crippen LogP) is 1.09. The van der Waals surface area contributed by atoms with Crippen molar-refractivity contribution in [3.63, 3.8) is 0 Å². The molecule has 0 aliphatic carbocycles. The van der Waals surface area contributed by atoms with Gasteiger partial charge in [0.05, 0.1) is 23.5 Å². The van der Waals surface area contributed by atoms with E-state index in [1.54, 1.807) is 0 Å². The number of nitrogens with one attached hydrogen (secondary N) is 1. The summed E-state index contributed by atoms with van der Waals surface area (Å²) < 4.78 is 10.7. The zero-order valence-electron chi connectivity index (χ0n) is 8.08. The lowest BCUT2D eigenvalue weighted by Crippen LogP contribution is -2.41. The molecule has 3 aliphatic rings. The second-order valence-electron chi connectivity index (χ2n) is 4.54. The molecule has 3 rings (SSSR count). The number of carbonyl (C=O) groups is 1. The van der Waals surface area contributed by atoms with Gasteiger partial charge in [-0.1, -0.05) is 6.92 Å². The van der Waals surface area contributed by atoms with Crippen molar-refractivity contribution in [3.8, 4) is 0 Å². The Labute approximate surface area is 82.1 Å². The van der Waals surface area contributed by atoms with Gasteiger partial charge < -0.3 is 9.47 Å². The van der Waals surface area contributed by atoms with Crippen molar-refractivity contribution in [2.24, 2.45) is 11.3 Å². The van der Waals surface area contributed by atoms with E-state index in [1.807, 2.05) is 6.92 Å². The van der Waals surface area contributed by atoms with Gasteiger partial charge in [-0.3, -0.25) is 10.2 Å². The molecule has 0 aromatic rings. The highest BCUT2D eigenvalue weighted by molar-refractivity contribution is 6.01. The van der Waals surface area contributed by atoms with Crippen LogP contribution in [-0.4, -0.2) is 24.1 Å². The van der Waals surface area contributed by atoms with E-state index in [0.29, 0.717) is 0 Å². The van der Waals surface area contributed by atoms with E-state index in [4.69, 9.17) is 14.9 Å². The van der Waals surface area contributed by atoms with Gasteiger partial charge in [0.2, 0.25) is 5.90 Å². The largest absolute Gasteiger partial charge is 0.411 e. The van der Waals surface area contributed by atoms with Crippen molar-refractivity contribution in [1.82, 2.24) is 0 Å². The van der Waals surface area contributed by atoms with E-state index in [9.17, 15) is 4.79 Å². The van der Waals surface area contributed by atoms with Crippen molar-refractivity contribution in [1.29, 1.82) is 5.41 Å². The van der Waals surface area contributed by atoms with Gasteiger partial charge in [0.15, 0.2) is 0 Å². The molecule has 0 radical (unpaired) electrons. The van der Waals surface area contributed by atoms with Crippen LogP contribution in [0.1, 0.15) is 26.2 Å². The molecule has 14 heavy (non-hydrogen) atoms. The first-order chi connectivity index (χ1) is 6.64. The monoisotopic (exact) mass is 195 g/mol. The third kappa shape index (κ3) is 0.741. The van der Waals surface area contributed by atoms with Gasteiger partial charge >= 0.3 is 5.97 Å². The summed E-state index contributed by atoms with van der Waals surface area (Å²) in [4.78, 5) is 11.4. The summed E-state index contributed by atoms with van der Waals surface area (Å²) in [5.74, 6) is -0.321. The Morgan fingerprint density at radius 3 is 2.71 bits per heavy atom. The maximum absolute atomic E-state index is 11.4. The second-order valence-corrected chi connectivity index (χ2v) is 4.54. The van der Waals surface area contributed by atoms with Crippen LogP contribution in [-0.2, 0) is 14.3 Å². The molecule has 3 fully saturated rings. The molecule has 4 nitrogen and oxygen atoms in total. The maximum Gasteiger partial charge on any atom is 0.316 e. The summed E-state index contributed by atoms with van der Waals surface area (Å²) in [7, 11) is 0. The average Bonchev–Trinajstić information content (AvgIpc) is 2.79. The number of carbonyl (C=O) groups excluding carboxylic acids is 1. The van der Waals surface area contributed by atoms with Gasteiger partial charge in [0.25, 0.3) is 0 Å². The topological polar surface area (TPSA) is 59.4 Å². The molecular formula is C10H13NO3. The number of cyclic esters (lactones) is 1. The van der Waals surface area contributed by atoms with Crippen LogP contribution in [0.25, 0.3) is 0 Å². The molecule has 0 amide bonds. The molecule has 3 aliphatic heterocycles. The number of esters is 1. The fourth-order valence-corrected chi connectivity index (χ4v) is 3.13. The average molecular weight is 195 g/mol. The summed E-state index contributed by atoms with van der Waals surface area (Å²) in [5, 5.41) is 7.79. The van der Waals surface area contributed by atoms with Crippen LogP contribution in [0.15, 0.2) is 0 Å². The number of hydrogen-bond acceptors (Lipinski definition) is 4. The SMILES string of the molecule is C[C@H]1C(=O)OC(=N)C12CC1CCC2O1. The minimum atomic E-state index is -0.417. The molecule has 0 aromatic heterocycles. The highest BCUT2D eigenvalue weighted by Gasteiger charge is 2.64. The van der Waals surface area contributed by atoms with Crippen LogP contribution in [0.3, 0.4) is 0 Å². The molecule has 76 valence electrons. The number of hydrogen-bond donors (Lipinski definition) is 1. The lowest BCUT2D eigenvalue weighted by atomic mass is 9.67. The van der Waals surface area contributed by atoms with E-state index < -0.39 is 5.41 Å². The highest BCUT2D eigenvalue weighted by Crippen LogP contribution is 2.55. The normalized spacial score (nSPS) is 50.5. The molecule has 4 heteroatoms. The molecule has 0 saturated carbocycles. The summed E-state index contributed by atoms with van der Waals surface area (Å²) >= 11 is 0. The second kappa shape index (κ2) is 2.37. The van der Waals surface area contributed by atoms with E-state index in [-0.39, 0.29) is 30.0 Å². The lowest BCUT2D eigenvalue weighted by Gasteiger charge is -2.30. The fourth-order valence-electron chi connectivity index (χ4n) is 3.13. The predicted molar refractivity (Wildman–Crippen MR) is 47.9 cm³/mol. The van der Waals surface area contributed by atoms with Crippen molar-refractivity contribution in [3.05, 3.63) is 0 Å².